The quantitative estimate of drug-likeness (QED) is 0.922. The first-order valence-corrected chi connectivity index (χ1v) is 8.31. The number of hydrogen-bond donors (Lipinski definition) is 1. The molecule has 2 aliphatic rings. The molecule has 0 aliphatic carbocycles. The summed E-state index contributed by atoms with van der Waals surface area (Å²) in [5, 5.41) is 3.45. The van der Waals surface area contributed by atoms with Crippen LogP contribution in [0.3, 0.4) is 0 Å². The lowest BCUT2D eigenvalue weighted by molar-refractivity contribution is 0.0867. The average molecular weight is 289 g/mol. The third kappa shape index (κ3) is 4.17. The van der Waals surface area contributed by atoms with Crippen molar-refractivity contribution in [3.8, 4) is 5.75 Å². The van der Waals surface area contributed by atoms with Crippen LogP contribution < -0.4 is 10.1 Å². The lowest BCUT2D eigenvalue weighted by atomic mass is 9.96. The topological polar surface area (TPSA) is 37.4 Å². The maximum atomic E-state index is 6.15. The van der Waals surface area contributed by atoms with Crippen molar-refractivity contribution in [3.63, 3.8) is 0 Å². The van der Waals surface area contributed by atoms with Gasteiger partial charge in [0.15, 0.2) is 0 Å². The van der Waals surface area contributed by atoms with Crippen LogP contribution in [0.15, 0.2) is 18.5 Å². The fraction of sp³-hybridized carbons (Fsp3) is 0.706. The monoisotopic (exact) mass is 289 g/mol. The van der Waals surface area contributed by atoms with Gasteiger partial charge in [-0.25, -0.2) is 0 Å². The third-order valence-electron chi connectivity index (χ3n) is 4.77. The van der Waals surface area contributed by atoms with Crippen molar-refractivity contribution in [2.75, 3.05) is 32.7 Å². The Kier molecular flexibility index (Phi) is 5.09. The van der Waals surface area contributed by atoms with Crippen molar-refractivity contribution in [1.29, 1.82) is 0 Å². The summed E-state index contributed by atoms with van der Waals surface area (Å²) in [5.41, 5.74) is 1.13. The number of aromatic nitrogens is 1. The van der Waals surface area contributed by atoms with E-state index in [1.54, 1.807) is 0 Å². The lowest BCUT2D eigenvalue weighted by Crippen LogP contribution is -2.42. The van der Waals surface area contributed by atoms with Crippen LogP contribution in [0.1, 0.15) is 31.2 Å². The molecule has 0 radical (unpaired) electrons. The highest BCUT2D eigenvalue weighted by atomic mass is 16.5. The molecule has 0 bridgehead atoms. The number of pyridine rings is 1. The highest BCUT2D eigenvalue weighted by molar-refractivity contribution is 5.28. The predicted octanol–water partition coefficient (Wildman–Crippen LogP) is 2.23. The van der Waals surface area contributed by atoms with Crippen molar-refractivity contribution >= 4 is 0 Å². The van der Waals surface area contributed by atoms with Gasteiger partial charge in [-0.1, -0.05) is 0 Å². The van der Waals surface area contributed by atoms with E-state index in [1.807, 2.05) is 18.5 Å². The van der Waals surface area contributed by atoms with Crippen molar-refractivity contribution in [3.05, 3.63) is 24.0 Å². The van der Waals surface area contributed by atoms with Gasteiger partial charge >= 0.3 is 0 Å². The second-order valence-electron chi connectivity index (χ2n) is 6.45. The van der Waals surface area contributed by atoms with Crippen LogP contribution in [0.2, 0.25) is 0 Å². The molecule has 1 aromatic heterocycles. The first-order valence-electron chi connectivity index (χ1n) is 8.31. The molecule has 1 aromatic rings. The van der Waals surface area contributed by atoms with Gasteiger partial charge in [0.25, 0.3) is 0 Å². The fourth-order valence-electron chi connectivity index (χ4n) is 3.41. The molecule has 0 aromatic carbocycles. The molecule has 0 saturated carbocycles. The number of likely N-dealkylation sites (tertiary alicyclic amines) is 1. The van der Waals surface area contributed by atoms with Crippen molar-refractivity contribution in [2.24, 2.45) is 5.92 Å². The van der Waals surface area contributed by atoms with E-state index in [0.29, 0.717) is 6.10 Å². The summed E-state index contributed by atoms with van der Waals surface area (Å²) in [6.07, 6.45) is 9.03. The smallest absolute Gasteiger partial charge is 0.125 e. The van der Waals surface area contributed by atoms with E-state index < -0.39 is 0 Å². The van der Waals surface area contributed by atoms with Gasteiger partial charge in [0.05, 0.1) is 0 Å². The molecular weight excluding hydrogens is 262 g/mol. The maximum absolute atomic E-state index is 6.15. The van der Waals surface area contributed by atoms with Gasteiger partial charge in [-0.05, 0) is 57.7 Å². The van der Waals surface area contributed by atoms with E-state index in [-0.39, 0.29) is 0 Å². The molecule has 1 N–H and O–H groups in total. The van der Waals surface area contributed by atoms with Gasteiger partial charge in [0, 0.05) is 37.6 Å². The molecule has 0 atom stereocenters. The van der Waals surface area contributed by atoms with E-state index >= 15 is 0 Å². The Morgan fingerprint density at radius 3 is 2.71 bits per heavy atom. The zero-order valence-corrected chi connectivity index (χ0v) is 13.1. The summed E-state index contributed by atoms with van der Waals surface area (Å²) in [6, 6.07) is 1.98. The molecule has 21 heavy (non-hydrogen) atoms. The lowest BCUT2D eigenvalue weighted by Gasteiger charge is -2.35. The second-order valence-corrected chi connectivity index (χ2v) is 6.45. The first kappa shape index (κ1) is 14.8. The van der Waals surface area contributed by atoms with Gasteiger partial charge in [0.1, 0.15) is 11.9 Å². The second kappa shape index (κ2) is 7.23. The normalized spacial score (nSPS) is 22.3. The SMILES string of the molecule is Cc1cnccc1OC1CCN(CC2CCNCC2)CC1. The number of piperidine rings is 2. The Labute approximate surface area is 127 Å². The van der Waals surface area contributed by atoms with Crippen LogP contribution in [0, 0.1) is 12.8 Å². The van der Waals surface area contributed by atoms with Gasteiger partial charge in [-0.2, -0.15) is 0 Å². The largest absolute Gasteiger partial charge is 0.490 e. The summed E-state index contributed by atoms with van der Waals surface area (Å²) in [4.78, 5) is 6.76. The molecule has 3 rings (SSSR count). The van der Waals surface area contributed by atoms with E-state index in [4.69, 9.17) is 4.74 Å². The van der Waals surface area contributed by atoms with Crippen LogP contribution in [-0.4, -0.2) is 48.7 Å². The van der Waals surface area contributed by atoms with Crippen molar-refractivity contribution in [1.82, 2.24) is 15.2 Å². The Balaban J connectivity index is 1.43. The highest BCUT2D eigenvalue weighted by Gasteiger charge is 2.23. The number of nitrogens with one attached hydrogen (secondary N) is 1. The third-order valence-corrected chi connectivity index (χ3v) is 4.77. The van der Waals surface area contributed by atoms with Crippen LogP contribution in [0.25, 0.3) is 0 Å². The molecule has 2 aliphatic heterocycles. The van der Waals surface area contributed by atoms with E-state index in [2.05, 4.69) is 22.1 Å². The average Bonchev–Trinajstić information content (AvgIpc) is 2.52. The number of nitrogens with zero attached hydrogens (tertiary/aromatic N) is 2. The van der Waals surface area contributed by atoms with Crippen LogP contribution in [0.5, 0.6) is 5.75 Å². The molecule has 0 spiro atoms. The number of aryl methyl sites for hydroxylation is 1. The molecule has 2 saturated heterocycles. The molecule has 116 valence electrons. The number of hydrogen-bond acceptors (Lipinski definition) is 4. The number of ether oxygens (including phenoxy) is 1. The predicted molar refractivity (Wildman–Crippen MR) is 84.7 cm³/mol. The van der Waals surface area contributed by atoms with Crippen molar-refractivity contribution in [2.45, 2.75) is 38.7 Å². The minimum absolute atomic E-state index is 0.371. The van der Waals surface area contributed by atoms with E-state index in [0.717, 1.165) is 30.1 Å². The molecule has 4 nitrogen and oxygen atoms in total. The maximum Gasteiger partial charge on any atom is 0.125 e. The molecule has 3 heterocycles. The van der Waals surface area contributed by atoms with Crippen LogP contribution in [-0.2, 0) is 0 Å². The fourth-order valence-corrected chi connectivity index (χ4v) is 3.41. The summed E-state index contributed by atoms with van der Waals surface area (Å²) in [7, 11) is 0. The Hall–Kier alpha value is -1.13. The van der Waals surface area contributed by atoms with Crippen LogP contribution >= 0.6 is 0 Å². The van der Waals surface area contributed by atoms with Gasteiger partial charge in [0.2, 0.25) is 0 Å². The van der Waals surface area contributed by atoms with Gasteiger partial charge < -0.3 is 15.0 Å². The standard InChI is InChI=1S/C17H27N3O/c1-14-12-19-9-4-17(14)21-16-5-10-20(11-6-16)13-15-2-7-18-8-3-15/h4,9,12,15-16,18H,2-3,5-8,10-11,13H2,1H3. The molecule has 4 heteroatoms. The Morgan fingerprint density at radius 1 is 1.24 bits per heavy atom. The Morgan fingerprint density at radius 2 is 2.00 bits per heavy atom. The summed E-state index contributed by atoms with van der Waals surface area (Å²) in [6.45, 7) is 8.10. The first-order chi connectivity index (χ1) is 10.3. The molecular formula is C17H27N3O. The van der Waals surface area contributed by atoms with Gasteiger partial charge in [-0.15, -0.1) is 0 Å². The molecule has 0 amide bonds. The summed E-state index contributed by atoms with van der Waals surface area (Å²) < 4.78 is 6.15. The summed E-state index contributed by atoms with van der Waals surface area (Å²) in [5.74, 6) is 1.90. The highest BCUT2D eigenvalue weighted by Crippen LogP contribution is 2.23. The molecule has 2 fully saturated rings. The Bertz CT molecular complexity index is 437. The zero-order chi connectivity index (χ0) is 14.5. The van der Waals surface area contributed by atoms with Gasteiger partial charge in [-0.3, -0.25) is 4.98 Å². The zero-order valence-electron chi connectivity index (χ0n) is 13.1. The number of rotatable bonds is 4. The minimum Gasteiger partial charge on any atom is -0.490 e. The summed E-state index contributed by atoms with van der Waals surface area (Å²) >= 11 is 0. The van der Waals surface area contributed by atoms with E-state index in [9.17, 15) is 0 Å². The minimum atomic E-state index is 0.371. The molecule has 0 unspecified atom stereocenters. The van der Waals surface area contributed by atoms with Crippen molar-refractivity contribution < 1.29 is 4.74 Å². The van der Waals surface area contributed by atoms with Crippen LogP contribution in [0.4, 0.5) is 0 Å². The van der Waals surface area contributed by atoms with E-state index in [1.165, 1.54) is 45.6 Å².